The van der Waals surface area contributed by atoms with E-state index in [9.17, 15) is 0 Å². The van der Waals surface area contributed by atoms with Gasteiger partial charge in [-0.2, -0.15) is 9.67 Å². The predicted molar refractivity (Wildman–Crippen MR) is 107 cm³/mol. The van der Waals surface area contributed by atoms with Crippen LogP contribution in [0, 0.1) is 0 Å². The van der Waals surface area contributed by atoms with Gasteiger partial charge in [0, 0.05) is 6.07 Å². The predicted octanol–water partition coefficient (Wildman–Crippen LogP) is 3.68. The van der Waals surface area contributed by atoms with E-state index in [1.165, 1.54) is 11.8 Å². The van der Waals surface area contributed by atoms with Crippen molar-refractivity contribution in [1.82, 2.24) is 30.3 Å². The Morgan fingerprint density at radius 1 is 1.14 bits per heavy atom. The van der Waals surface area contributed by atoms with Crippen LogP contribution in [0.4, 0.5) is 0 Å². The molecule has 0 radical (unpaired) electrons. The van der Waals surface area contributed by atoms with E-state index in [2.05, 4.69) is 25.7 Å². The lowest BCUT2D eigenvalue weighted by Crippen LogP contribution is -2.03. The van der Waals surface area contributed by atoms with Crippen LogP contribution < -0.4 is 9.47 Å². The van der Waals surface area contributed by atoms with Crippen molar-refractivity contribution in [2.24, 2.45) is 0 Å². The molecule has 9 nitrogen and oxygen atoms in total. The summed E-state index contributed by atoms with van der Waals surface area (Å²) in [6.45, 7) is 0. The van der Waals surface area contributed by atoms with Gasteiger partial charge in [-0.15, -0.1) is 5.10 Å². The number of thioether (sulfide) groups is 1. The van der Waals surface area contributed by atoms with E-state index in [4.69, 9.17) is 25.6 Å². The van der Waals surface area contributed by atoms with Crippen LogP contribution in [0.15, 0.2) is 52.1 Å². The molecule has 0 amide bonds. The summed E-state index contributed by atoms with van der Waals surface area (Å²) < 4.78 is 17.6. The quantitative estimate of drug-likeness (QED) is 0.406. The smallest absolute Gasteiger partial charge is 0.259 e. The highest BCUT2D eigenvalue weighted by molar-refractivity contribution is 7.98. The van der Waals surface area contributed by atoms with Gasteiger partial charge >= 0.3 is 0 Å². The first-order valence-corrected chi connectivity index (χ1v) is 9.77. The molecule has 2 heterocycles. The Labute approximate surface area is 175 Å². The van der Waals surface area contributed by atoms with Gasteiger partial charge in [0.15, 0.2) is 5.82 Å². The molecular weight excluding hydrogens is 416 g/mol. The van der Waals surface area contributed by atoms with Crippen LogP contribution in [0.2, 0.25) is 5.02 Å². The molecule has 148 valence electrons. The van der Waals surface area contributed by atoms with Crippen LogP contribution in [-0.4, -0.2) is 44.6 Å². The molecule has 0 spiro atoms. The minimum Gasteiger partial charge on any atom is -0.497 e. The van der Waals surface area contributed by atoms with E-state index in [-0.39, 0.29) is 0 Å². The molecular formula is C18H15ClN6O3S. The van der Waals surface area contributed by atoms with Gasteiger partial charge in [-0.25, -0.2) is 0 Å². The normalized spacial score (nSPS) is 10.9. The van der Waals surface area contributed by atoms with Crippen molar-refractivity contribution in [1.29, 1.82) is 0 Å². The van der Waals surface area contributed by atoms with Crippen molar-refractivity contribution in [3.63, 3.8) is 0 Å². The summed E-state index contributed by atoms with van der Waals surface area (Å²) in [7, 11) is 3.17. The van der Waals surface area contributed by atoms with Gasteiger partial charge in [-0.1, -0.05) is 40.7 Å². The summed E-state index contributed by atoms with van der Waals surface area (Å²) in [6, 6.07) is 12.7. The highest BCUT2D eigenvalue weighted by atomic mass is 35.5. The Bertz CT molecular complexity index is 1130. The average molecular weight is 431 g/mol. The summed E-state index contributed by atoms with van der Waals surface area (Å²) >= 11 is 7.54. The largest absolute Gasteiger partial charge is 0.497 e. The third kappa shape index (κ3) is 4.03. The van der Waals surface area contributed by atoms with Gasteiger partial charge < -0.3 is 14.0 Å². The fourth-order valence-corrected chi connectivity index (χ4v) is 3.51. The third-order valence-corrected chi connectivity index (χ3v) is 5.20. The first-order valence-electron chi connectivity index (χ1n) is 8.40. The Kier molecular flexibility index (Phi) is 5.63. The Morgan fingerprint density at radius 3 is 2.79 bits per heavy atom. The second-order valence-corrected chi connectivity index (χ2v) is 7.05. The first-order chi connectivity index (χ1) is 14.2. The zero-order chi connectivity index (χ0) is 20.2. The van der Waals surface area contributed by atoms with Crippen molar-refractivity contribution < 1.29 is 14.0 Å². The molecule has 0 saturated carbocycles. The van der Waals surface area contributed by atoms with Gasteiger partial charge in [-0.05, 0) is 34.7 Å². The highest BCUT2D eigenvalue weighted by Crippen LogP contribution is 2.31. The van der Waals surface area contributed by atoms with E-state index >= 15 is 0 Å². The van der Waals surface area contributed by atoms with Crippen LogP contribution >= 0.6 is 23.4 Å². The minimum absolute atomic E-state index is 0.361. The maximum absolute atomic E-state index is 6.18. The van der Waals surface area contributed by atoms with Gasteiger partial charge in [0.25, 0.3) is 5.89 Å². The van der Waals surface area contributed by atoms with E-state index in [1.54, 1.807) is 43.2 Å². The number of ether oxygens (including phenoxy) is 2. The number of aromatic nitrogens is 6. The number of methoxy groups -OCH3 is 2. The summed E-state index contributed by atoms with van der Waals surface area (Å²) in [5, 5.41) is 17.0. The number of rotatable bonds is 7. The van der Waals surface area contributed by atoms with Crippen molar-refractivity contribution in [2.45, 2.75) is 10.9 Å². The molecule has 0 aliphatic carbocycles. The zero-order valence-corrected chi connectivity index (χ0v) is 17.0. The Hall–Kier alpha value is -3.11. The van der Waals surface area contributed by atoms with Crippen molar-refractivity contribution in [3.8, 4) is 28.6 Å². The minimum atomic E-state index is 0.361. The van der Waals surface area contributed by atoms with Crippen LogP contribution in [0.3, 0.4) is 0 Å². The summed E-state index contributed by atoms with van der Waals surface area (Å²) in [4.78, 5) is 4.40. The molecule has 0 aliphatic heterocycles. The first kappa shape index (κ1) is 19.2. The van der Waals surface area contributed by atoms with Crippen LogP contribution in [0.5, 0.6) is 11.5 Å². The second kappa shape index (κ2) is 8.50. The summed E-state index contributed by atoms with van der Waals surface area (Å²) in [5.74, 6) is 2.54. The Balaban J connectivity index is 1.55. The van der Waals surface area contributed by atoms with Crippen LogP contribution in [0.25, 0.3) is 17.1 Å². The molecule has 0 aliphatic rings. The zero-order valence-electron chi connectivity index (χ0n) is 15.4. The number of benzene rings is 2. The fourth-order valence-electron chi connectivity index (χ4n) is 2.57. The SMILES string of the molecule is COc1ccc(OC)c(-n2nnnc2SCc2noc(-c3ccccc3Cl)n2)c1. The van der Waals surface area contributed by atoms with Gasteiger partial charge in [0.2, 0.25) is 5.16 Å². The maximum atomic E-state index is 6.18. The van der Waals surface area contributed by atoms with Crippen molar-refractivity contribution in [2.75, 3.05) is 14.2 Å². The lowest BCUT2D eigenvalue weighted by Gasteiger charge is -2.10. The standard InChI is InChI=1S/C18H15ClN6O3S/c1-26-11-7-8-15(27-2)14(9-11)25-18(21-23-24-25)29-10-16-20-17(28-22-16)12-5-3-4-6-13(12)19/h3-9H,10H2,1-2H3. The lowest BCUT2D eigenvalue weighted by molar-refractivity contribution is 0.399. The summed E-state index contributed by atoms with van der Waals surface area (Å²) in [6.07, 6.45) is 0. The molecule has 0 bridgehead atoms. The molecule has 29 heavy (non-hydrogen) atoms. The number of nitrogens with zero attached hydrogens (tertiary/aromatic N) is 6. The monoisotopic (exact) mass is 430 g/mol. The highest BCUT2D eigenvalue weighted by Gasteiger charge is 2.17. The third-order valence-electron chi connectivity index (χ3n) is 3.96. The lowest BCUT2D eigenvalue weighted by atomic mass is 10.2. The van der Waals surface area contributed by atoms with E-state index in [0.717, 1.165) is 0 Å². The molecule has 11 heteroatoms. The molecule has 4 aromatic rings. The number of tetrazole rings is 1. The summed E-state index contributed by atoms with van der Waals surface area (Å²) in [5.41, 5.74) is 1.34. The maximum Gasteiger partial charge on any atom is 0.259 e. The van der Waals surface area contributed by atoms with Crippen molar-refractivity contribution >= 4 is 23.4 Å². The van der Waals surface area contributed by atoms with Gasteiger partial charge in [0.05, 0.1) is 30.6 Å². The number of hydrogen-bond acceptors (Lipinski definition) is 9. The van der Waals surface area contributed by atoms with E-state index in [1.807, 2.05) is 18.2 Å². The fraction of sp³-hybridized carbons (Fsp3) is 0.167. The van der Waals surface area contributed by atoms with Gasteiger partial charge in [-0.3, -0.25) is 0 Å². The molecule has 0 saturated heterocycles. The van der Waals surface area contributed by atoms with Crippen LogP contribution in [-0.2, 0) is 5.75 Å². The molecule has 4 rings (SSSR count). The average Bonchev–Trinajstić information content (AvgIpc) is 3.41. The Morgan fingerprint density at radius 2 is 2.00 bits per heavy atom. The van der Waals surface area contributed by atoms with Crippen molar-refractivity contribution in [3.05, 3.63) is 53.3 Å². The number of halogens is 1. The molecule has 0 N–H and O–H groups in total. The molecule has 0 unspecified atom stereocenters. The molecule has 0 fully saturated rings. The second-order valence-electron chi connectivity index (χ2n) is 5.70. The molecule has 2 aromatic carbocycles. The van der Waals surface area contributed by atoms with Gasteiger partial charge in [0.1, 0.15) is 17.2 Å². The van der Waals surface area contributed by atoms with E-state index < -0.39 is 0 Å². The van der Waals surface area contributed by atoms with E-state index in [0.29, 0.717) is 50.4 Å². The molecule has 2 aromatic heterocycles. The molecule has 0 atom stereocenters. The topological polar surface area (TPSA) is 101 Å². The number of hydrogen-bond donors (Lipinski definition) is 0. The van der Waals surface area contributed by atoms with Crippen LogP contribution in [0.1, 0.15) is 5.82 Å².